The molecule has 1 heterocycles. The van der Waals surface area contributed by atoms with Gasteiger partial charge >= 0.3 is 0 Å². The van der Waals surface area contributed by atoms with Crippen LogP contribution < -0.4 is 0 Å². The quantitative estimate of drug-likeness (QED) is 0.160. The molecule has 0 radical (unpaired) electrons. The zero-order valence-electron chi connectivity index (χ0n) is 32.1. The van der Waals surface area contributed by atoms with Crippen molar-refractivity contribution in [2.24, 2.45) is 0 Å². The number of aromatic nitrogens is 1. The van der Waals surface area contributed by atoms with Crippen molar-refractivity contribution >= 4 is 10.8 Å². The summed E-state index contributed by atoms with van der Waals surface area (Å²) in [4.78, 5) is 4.87. The molecule has 0 saturated heterocycles. The van der Waals surface area contributed by atoms with Gasteiger partial charge in [0, 0.05) is 17.1 Å². The molecule has 0 fully saturated rings. The number of pyridine rings is 1. The molecule has 1 aromatic heterocycles. The first-order valence-corrected chi connectivity index (χ1v) is 19.4. The van der Waals surface area contributed by atoms with Gasteiger partial charge in [0.15, 0.2) is 0 Å². The Kier molecular flexibility index (Phi) is 9.21. The second-order valence-corrected chi connectivity index (χ2v) is 15.6. The topological polar surface area (TPSA) is 12.9 Å². The minimum atomic E-state index is 0.0868. The Hall–Kier alpha value is -6.83. The van der Waals surface area contributed by atoms with Gasteiger partial charge in [-0.3, -0.25) is 4.98 Å². The molecule has 8 aromatic carbocycles. The Balaban J connectivity index is 1.18. The fraction of sp³-hybridized carbons (Fsp3) is 0.0727. The largest absolute Gasteiger partial charge is 0.256 e. The molecule has 0 atom stereocenters. The minimum absolute atomic E-state index is 0.0868. The maximum Gasteiger partial charge on any atom is 0.0780 e. The smallest absolute Gasteiger partial charge is 0.0780 e. The summed E-state index contributed by atoms with van der Waals surface area (Å²) in [5, 5.41) is 2.39. The molecule has 0 spiro atoms. The van der Waals surface area contributed by atoms with Crippen molar-refractivity contribution in [3.63, 3.8) is 0 Å². The van der Waals surface area contributed by atoms with E-state index in [-0.39, 0.29) is 5.41 Å². The van der Waals surface area contributed by atoms with Crippen molar-refractivity contribution in [3.05, 3.63) is 212 Å². The fourth-order valence-corrected chi connectivity index (χ4v) is 7.97. The predicted molar refractivity (Wildman–Crippen MR) is 238 cm³/mol. The van der Waals surface area contributed by atoms with Crippen LogP contribution in [0.3, 0.4) is 0 Å². The molecule has 1 heteroatoms. The van der Waals surface area contributed by atoms with E-state index in [1.165, 1.54) is 83.1 Å². The molecule has 0 N–H and O–H groups in total. The summed E-state index contributed by atoms with van der Waals surface area (Å²) in [5.74, 6) is 0. The van der Waals surface area contributed by atoms with E-state index in [0.717, 1.165) is 11.3 Å². The lowest BCUT2D eigenvalue weighted by Crippen LogP contribution is -2.10. The van der Waals surface area contributed by atoms with E-state index in [1.807, 2.05) is 6.20 Å². The third-order valence-electron chi connectivity index (χ3n) is 10.9. The van der Waals surface area contributed by atoms with Gasteiger partial charge in [0.25, 0.3) is 0 Å². The first-order valence-electron chi connectivity index (χ1n) is 19.4. The van der Waals surface area contributed by atoms with E-state index in [0.29, 0.717) is 0 Å². The van der Waals surface area contributed by atoms with E-state index in [4.69, 9.17) is 4.98 Å². The normalized spacial score (nSPS) is 11.5. The van der Waals surface area contributed by atoms with Crippen LogP contribution in [0.1, 0.15) is 26.3 Å². The standard InChI is InChI=1S/C55H43N/c1-55(2,3)46-30-31-53-42(37-46)32-33-56-54(53)41-28-26-40(27-29-41)49-22-12-15-25-52(49)45-35-43(50-23-13-10-20-47(50)38-16-6-4-7-17-38)34-44(36-45)51-24-14-11-21-48(51)39-18-8-5-9-19-39/h4-37H,1-3H3. The minimum Gasteiger partial charge on any atom is -0.256 e. The second-order valence-electron chi connectivity index (χ2n) is 15.6. The number of nitrogens with zero attached hydrogens (tertiary/aromatic N) is 1. The maximum absolute atomic E-state index is 4.87. The molecule has 0 saturated carbocycles. The third kappa shape index (κ3) is 6.85. The van der Waals surface area contributed by atoms with Gasteiger partial charge in [-0.05, 0) is 107 Å². The molecule has 0 bridgehead atoms. The molecule has 0 unspecified atom stereocenters. The van der Waals surface area contributed by atoms with Gasteiger partial charge in [0.05, 0.1) is 5.69 Å². The molecular formula is C55H43N. The molecule has 268 valence electrons. The van der Waals surface area contributed by atoms with Crippen LogP contribution in [0.4, 0.5) is 0 Å². The Bertz CT molecular complexity index is 2710. The van der Waals surface area contributed by atoms with Gasteiger partial charge in [-0.15, -0.1) is 0 Å². The van der Waals surface area contributed by atoms with Crippen molar-refractivity contribution in [3.8, 4) is 78.0 Å². The van der Waals surface area contributed by atoms with Crippen LogP contribution in [0.25, 0.3) is 88.8 Å². The summed E-state index contributed by atoms with van der Waals surface area (Å²) in [6.45, 7) is 6.78. The van der Waals surface area contributed by atoms with Gasteiger partial charge < -0.3 is 0 Å². The molecule has 0 aliphatic heterocycles. The van der Waals surface area contributed by atoms with E-state index in [1.54, 1.807) is 0 Å². The number of rotatable bonds is 7. The molecule has 9 aromatic rings. The van der Waals surface area contributed by atoms with Gasteiger partial charge in [-0.25, -0.2) is 0 Å². The van der Waals surface area contributed by atoms with Crippen LogP contribution in [0.5, 0.6) is 0 Å². The van der Waals surface area contributed by atoms with Gasteiger partial charge in [-0.2, -0.15) is 0 Å². The van der Waals surface area contributed by atoms with Crippen molar-refractivity contribution in [2.45, 2.75) is 26.2 Å². The van der Waals surface area contributed by atoms with Crippen LogP contribution in [-0.2, 0) is 5.41 Å². The summed E-state index contributed by atoms with van der Waals surface area (Å²) in [6.07, 6.45) is 1.93. The molecule has 1 nitrogen and oxygen atoms in total. The van der Waals surface area contributed by atoms with Gasteiger partial charge in [0.1, 0.15) is 0 Å². The Morgan fingerprint density at radius 1 is 0.321 bits per heavy atom. The molecule has 0 amide bonds. The zero-order chi connectivity index (χ0) is 38.1. The average Bonchev–Trinajstić information content (AvgIpc) is 3.26. The fourth-order valence-electron chi connectivity index (χ4n) is 7.97. The first-order chi connectivity index (χ1) is 27.4. The highest BCUT2D eigenvalue weighted by Crippen LogP contribution is 2.42. The Labute approximate surface area is 330 Å². The monoisotopic (exact) mass is 717 g/mol. The summed E-state index contributed by atoms with van der Waals surface area (Å²) in [7, 11) is 0. The van der Waals surface area contributed by atoms with Crippen molar-refractivity contribution in [1.29, 1.82) is 0 Å². The first kappa shape index (κ1) is 34.9. The number of hydrogen-bond acceptors (Lipinski definition) is 1. The van der Waals surface area contributed by atoms with Crippen molar-refractivity contribution < 1.29 is 0 Å². The van der Waals surface area contributed by atoms with E-state index in [2.05, 4.69) is 221 Å². The van der Waals surface area contributed by atoms with Crippen LogP contribution in [0.2, 0.25) is 0 Å². The highest BCUT2D eigenvalue weighted by Gasteiger charge is 2.18. The highest BCUT2D eigenvalue weighted by molar-refractivity contribution is 5.97. The second kappa shape index (κ2) is 14.8. The van der Waals surface area contributed by atoms with Crippen LogP contribution >= 0.6 is 0 Å². The lowest BCUT2D eigenvalue weighted by Gasteiger charge is -2.20. The lowest BCUT2D eigenvalue weighted by atomic mass is 9.85. The van der Waals surface area contributed by atoms with Gasteiger partial charge in [0.2, 0.25) is 0 Å². The Morgan fingerprint density at radius 3 is 1.12 bits per heavy atom. The molecule has 56 heavy (non-hydrogen) atoms. The summed E-state index contributed by atoms with van der Waals surface area (Å²) in [6, 6.07) is 72.7. The summed E-state index contributed by atoms with van der Waals surface area (Å²) in [5.41, 5.74) is 17.9. The average molecular weight is 718 g/mol. The summed E-state index contributed by atoms with van der Waals surface area (Å²) >= 11 is 0. The van der Waals surface area contributed by atoms with Crippen molar-refractivity contribution in [1.82, 2.24) is 4.98 Å². The number of hydrogen-bond donors (Lipinski definition) is 0. The van der Waals surface area contributed by atoms with E-state index < -0.39 is 0 Å². The molecular weight excluding hydrogens is 675 g/mol. The number of benzene rings is 8. The van der Waals surface area contributed by atoms with Crippen molar-refractivity contribution in [2.75, 3.05) is 0 Å². The van der Waals surface area contributed by atoms with Crippen LogP contribution in [-0.4, -0.2) is 4.98 Å². The zero-order valence-corrected chi connectivity index (χ0v) is 32.1. The lowest BCUT2D eigenvalue weighted by molar-refractivity contribution is 0.591. The van der Waals surface area contributed by atoms with E-state index >= 15 is 0 Å². The molecule has 9 rings (SSSR count). The summed E-state index contributed by atoms with van der Waals surface area (Å²) < 4.78 is 0. The van der Waals surface area contributed by atoms with Crippen LogP contribution in [0.15, 0.2) is 206 Å². The SMILES string of the molecule is CC(C)(C)c1ccc2c(-c3ccc(-c4ccccc4-c4cc(-c5ccccc5-c5ccccc5)cc(-c5ccccc5-c5ccccc5)c4)cc3)nccc2c1. The molecule has 0 aliphatic rings. The van der Waals surface area contributed by atoms with Gasteiger partial charge in [-0.1, -0.05) is 197 Å². The van der Waals surface area contributed by atoms with Crippen LogP contribution in [0, 0.1) is 0 Å². The number of fused-ring (bicyclic) bond motifs is 1. The maximum atomic E-state index is 4.87. The van der Waals surface area contributed by atoms with E-state index in [9.17, 15) is 0 Å². The predicted octanol–water partition coefficient (Wildman–Crippen LogP) is 15.2. The Morgan fingerprint density at radius 2 is 0.696 bits per heavy atom. The highest BCUT2D eigenvalue weighted by atomic mass is 14.7. The molecule has 0 aliphatic carbocycles. The third-order valence-corrected chi connectivity index (χ3v) is 10.9.